The maximum absolute atomic E-state index is 11.8. The van der Waals surface area contributed by atoms with Crippen molar-refractivity contribution in [2.45, 2.75) is 19.8 Å². The van der Waals surface area contributed by atoms with Crippen LogP contribution >= 0.6 is 23.2 Å². The van der Waals surface area contributed by atoms with Gasteiger partial charge in [-0.3, -0.25) is 4.79 Å². The Bertz CT molecular complexity index is 622. The van der Waals surface area contributed by atoms with Crippen LogP contribution in [0.5, 0.6) is 5.75 Å². The Morgan fingerprint density at radius 3 is 2.71 bits per heavy atom. The highest BCUT2D eigenvalue weighted by Gasteiger charge is 2.22. The number of rotatable bonds is 4. The molecule has 1 aromatic carbocycles. The number of carbonyl (C=O) groups is 2. The van der Waals surface area contributed by atoms with Gasteiger partial charge in [0.05, 0.1) is 5.02 Å². The normalized spacial score (nSPS) is 18.3. The average molecular weight is 329 g/mol. The Kier molecular flexibility index (Phi) is 4.91. The fourth-order valence-electron chi connectivity index (χ4n) is 2.14. The van der Waals surface area contributed by atoms with Gasteiger partial charge in [0.15, 0.2) is 12.4 Å². The van der Waals surface area contributed by atoms with Crippen LogP contribution in [0.15, 0.2) is 18.2 Å². The third-order valence-corrected chi connectivity index (χ3v) is 4.26. The second-order valence-electron chi connectivity index (χ2n) is 4.93. The molecule has 0 bridgehead atoms. The van der Waals surface area contributed by atoms with Gasteiger partial charge in [-0.05, 0) is 42.2 Å². The highest BCUT2D eigenvalue weighted by atomic mass is 35.5. The van der Waals surface area contributed by atoms with E-state index in [1.807, 2.05) is 6.92 Å². The quantitative estimate of drug-likeness (QED) is 0.912. The fraction of sp³-hybridized carbons (Fsp3) is 0.333. The van der Waals surface area contributed by atoms with Gasteiger partial charge in [0, 0.05) is 5.92 Å². The minimum atomic E-state index is -1.10. The molecule has 21 heavy (non-hydrogen) atoms. The van der Waals surface area contributed by atoms with Crippen molar-refractivity contribution >= 4 is 40.5 Å². The summed E-state index contributed by atoms with van der Waals surface area (Å²) in [5, 5.41) is 9.03. The first-order valence-electron chi connectivity index (χ1n) is 6.47. The average Bonchev–Trinajstić information content (AvgIpc) is 2.43. The summed E-state index contributed by atoms with van der Waals surface area (Å²) < 4.78 is 5.06. The van der Waals surface area contributed by atoms with E-state index in [0.717, 1.165) is 18.4 Å². The molecule has 1 unspecified atom stereocenters. The standard InChI is InChI=1S/C15H14Cl2O4/c1-8-2-3-9(6-11(8)18)10-4-5-12(15(17)14(10)16)21-7-13(19)20/h4-6,8H,2-3,7H2,1H3,(H,19,20). The smallest absolute Gasteiger partial charge is 0.341 e. The van der Waals surface area contributed by atoms with Crippen molar-refractivity contribution in [1.82, 2.24) is 0 Å². The van der Waals surface area contributed by atoms with Gasteiger partial charge in [-0.2, -0.15) is 0 Å². The summed E-state index contributed by atoms with van der Waals surface area (Å²) in [6.07, 6.45) is 3.12. The van der Waals surface area contributed by atoms with Gasteiger partial charge < -0.3 is 9.84 Å². The van der Waals surface area contributed by atoms with E-state index in [0.29, 0.717) is 5.56 Å². The molecule has 0 radical (unpaired) electrons. The van der Waals surface area contributed by atoms with E-state index in [9.17, 15) is 9.59 Å². The first kappa shape index (κ1) is 15.9. The van der Waals surface area contributed by atoms with E-state index >= 15 is 0 Å². The van der Waals surface area contributed by atoms with E-state index in [1.165, 1.54) is 0 Å². The second kappa shape index (κ2) is 6.50. The third kappa shape index (κ3) is 3.57. The van der Waals surface area contributed by atoms with Gasteiger partial charge in [-0.15, -0.1) is 0 Å². The molecule has 0 heterocycles. The third-order valence-electron chi connectivity index (χ3n) is 3.39. The van der Waals surface area contributed by atoms with Crippen LogP contribution in [0.25, 0.3) is 5.57 Å². The van der Waals surface area contributed by atoms with Crippen molar-refractivity contribution in [2.75, 3.05) is 6.61 Å². The molecule has 112 valence electrons. The molecule has 4 nitrogen and oxygen atoms in total. The maximum Gasteiger partial charge on any atom is 0.341 e. The summed E-state index contributed by atoms with van der Waals surface area (Å²) >= 11 is 12.3. The van der Waals surface area contributed by atoms with Crippen molar-refractivity contribution in [1.29, 1.82) is 0 Å². The zero-order chi connectivity index (χ0) is 15.6. The summed E-state index contributed by atoms with van der Waals surface area (Å²) in [5.41, 5.74) is 1.53. The number of carbonyl (C=O) groups excluding carboxylic acids is 1. The minimum Gasteiger partial charge on any atom is -0.480 e. The van der Waals surface area contributed by atoms with Gasteiger partial charge >= 0.3 is 5.97 Å². The molecule has 1 N–H and O–H groups in total. The number of benzene rings is 1. The summed E-state index contributed by atoms with van der Waals surface area (Å²) in [6.45, 7) is 1.40. The number of carboxylic acids is 1. The Morgan fingerprint density at radius 1 is 1.38 bits per heavy atom. The van der Waals surface area contributed by atoms with Crippen molar-refractivity contribution in [3.05, 3.63) is 33.8 Å². The number of hydrogen-bond donors (Lipinski definition) is 1. The Morgan fingerprint density at radius 2 is 2.10 bits per heavy atom. The molecule has 0 saturated carbocycles. The summed E-state index contributed by atoms with van der Waals surface area (Å²) in [4.78, 5) is 22.3. The van der Waals surface area contributed by atoms with Crippen molar-refractivity contribution in [3.8, 4) is 5.75 Å². The van der Waals surface area contributed by atoms with E-state index in [-0.39, 0.29) is 27.5 Å². The summed E-state index contributed by atoms with van der Waals surface area (Å²) in [6, 6.07) is 3.26. The highest BCUT2D eigenvalue weighted by molar-refractivity contribution is 6.44. The zero-order valence-corrected chi connectivity index (χ0v) is 12.9. The van der Waals surface area contributed by atoms with E-state index < -0.39 is 12.6 Å². The monoisotopic (exact) mass is 328 g/mol. The number of carboxylic acid groups (broad SMARTS) is 1. The molecular formula is C15H14Cl2O4. The highest BCUT2D eigenvalue weighted by Crippen LogP contribution is 2.40. The van der Waals surface area contributed by atoms with E-state index in [2.05, 4.69) is 0 Å². The number of halogens is 2. The topological polar surface area (TPSA) is 63.6 Å². The van der Waals surface area contributed by atoms with Crippen LogP contribution < -0.4 is 4.74 Å². The lowest BCUT2D eigenvalue weighted by Crippen LogP contribution is -2.13. The predicted octanol–water partition coefficient (Wildman–Crippen LogP) is 3.84. The first-order chi connectivity index (χ1) is 9.90. The predicted molar refractivity (Wildman–Crippen MR) is 81.0 cm³/mol. The molecule has 0 amide bonds. The molecular weight excluding hydrogens is 315 g/mol. The van der Waals surface area contributed by atoms with Gasteiger partial charge in [0.25, 0.3) is 0 Å². The van der Waals surface area contributed by atoms with Gasteiger partial charge in [0.2, 0.25) is 0 Å². The lowest BCUT2D eigenvalue weighted by atomic mass is 9.87. The molecule has 0 aromatic heterocycles. The number of allylic oxidation sites excluding steroid dienone is 2. The van der Waals surface area contributed by atoms with Gasteiger partial charge in [0.1, 0.15) is 10.8 Å². The molecule has 1 atom stereocenters. The molecule has 6 heteroatoms. The molecule has 0 fully saturated rings. The van der Waals surface area contributed by atoms with Crippen LogP contribution in [0, 0.1) is 5.92 Å². The number of ether oxygens (including phenoxy) is 1. The lowest BCUT2D eigenvalue weighted by molar-refractivity contribution is -0.139. The van der Waals surface area contributed by atoms with Crippen LogP contribution in [-0.4, -0.2) is 23.5 Å². The Balaban J connectivity index is 2.31. The summed E-state index contributed by atoms with van der Waals surface area (Å²) in [5.74, 6) is -0.777. The molecule has 1 aliphatic rings. The lowest BCUT2D eigenvalue weighted by Gasteiger charge is -2.19. The molecule has 0 aliphatic heterocycles. The van der Waals surface area contributed by atoms with Crippen LogP contribution in [0.4, 0.5) is 0 Å². The van der Waals surface area contributed by atoms with Crippen LogP contribution in [0.1, 0.15) is 25.3 Å². The number of ketones is 1. The maximum atomic E-state index is 11.8. The number of aliphatic carboxylic acids is 1. The van der Waals surface area contributed by atoms with Crippen LogP contribution in [-0.2, 0) is 9.59 Å². The molecule has 1 aliphatic carbocycles. The van der Waals surface area contributed by atoms with Gasteiger partial charge in [-0.1, -0.05) is 30.1 Å². The fourth-order valence-corrected chi connectivity index (χ4v) is 2.64. The molecule has 0 spiro atoms. The Labute approximate surface area is 132 Å². The van der Waals surface area contributed by atoms with E-state index in [4.69, 9.17) is 33.0 Å². The molecule has 1 aromatic rings. The first-order valence-corrected chi connectivity index (χ1v) is 7.23. The SMILES string of the molecule is CC1CCC(c2ccc(OCC(=O)O)c(Cl)c2Cl)=CC1=O. The second-order valence-corrected chi connectivity index (χ2v) is 5.69. The van der Waals surface area contributed by atoms with Crippen LogP contribution in [0.3, 0.4) is 0 Å². The Hall–Kier alpha value is -1.52. The minimum absolute atomic E-state index is 0.0289. The molecule has 0 saturated heterocycles. The molecule has 2 rings (SSSR count). The van der Waals surface area contributed by atoms with Crippen LogP contribution in [0.2, 0.25) is 10.0 Å². The van der Waals surface area contributed by atoms with Crippen molar-refractivity contribution < 1.29 is 19.4 Å². The van der Waals surface area contributed by atoms with E-state index in [1.54, 1.807) is 18.2 Å². The number of hydrogen-bond acceptors (Lipinski definition) is 3. The summed E-state index contributed by atoms with van der Waals surface area (Å²) in [7, 11) is 0. The van der Waals surface area contributed by atoms with Crippen molar-refractivity contribution in [2.24, 2.45) is 5.92 Å². The largest absolute Gasteiger partial charge is 0.480 e. The zero-order valence-electron chi connectivity index (χ0n) is 11.4. The van der Waals surface area contributed by atoms with Crippen molar-refractivity contribution in [3.63, 3.8) is 0 Å². The van der Waals surface area contributed by atoms with Gasteiger partial charge in [-0.25, -0.2) is 4.79 Å².